The lowest BCUT2D eigenvalue weighted by Crippen LogP contribution is -2.37. The summed E-state index contributed by atoms with van der Waals surface area (Å²) in [4.78, 5) is 15.5. The van der Waals surface area contributed by atoms with Crippen LogP contribution in [0.1, 0.15) is 75.7 Å². The molecule has 0 radical (unpaired) electrons. The molecular weight excluding hydrogens is 298 g/mol. The van der Waals surface area contributed by atoms with Gasteiger partial charge in [0.15, 0.2) is 0 Å². The van der Waals surface area contributed by atoms with Gasteiger partial charge in [-0.15, -0.1) is 0 Å². The highest BCUT2D eigenvalue weighted by atomic mass is 16.5. The number of carbonyl (C=O) groups is 1. The molecule has 2 heterocycles. The first-order valence-electron chi connectivity index (χ1n) is 9.30. The highest BCUT2D eigenvalue weighted by molar-refractivity contribution is 5.98. The van der Waals surface area contributed by atoms with Crippen LogP contribution in [0, 0.1) is 10.8 Å². The van der Waals surface area contributed by atoms with Crippen molar-refractivity contribution in [2.75, 3.05) is 6.54 Å². The molecule has 1 aromatic rings. The second-order valence-electron chi connectivity index (χ2n) is 9.48. The Morgan fingerprint density at radius 2 is 1.96 bits per heavy atom. The van der Waals surface area contributed by atoms with Crippen molar-refractivity contribution in [2.45, 2.75) is 71.9 Å². The predicted molar refractivity (Wildman–Crippen MR) is 95.5 cm³/mol. The highest BCUT2D eigenvalue weighted by Gasteiger charge is 2.51. The summed E-state index contributed by atoms with van der Waals surface area (Å²) in [7, 11) is 0. The molecule has 1 aromatic carbocycles. The lowest BCUT2D eigenvalue weighted by molar-refractivity contribution is 0.0703. The summed E-state index contributed by atoms with van der Waals surface area (Å²) >= 11 is 0. The van der Waals surface area contributed by atoms with Crippen LogP contribution in [0.15, 0.2) is 18.2 Å². The third kappa shape index (κ3) is 2.35. The van der Waals surface area contributed by atoms with Gasteiger partial charge in [-0.25, -0.2) is 0 Å². The molecule has 3 nitrogen and oxygen atoms in total. The van der Waals surface area contributed by atoms with Crippen molar-refractivity contribution in [1.82, 2.24) is 4.90 Å². The van der Waals surface area contributed by atoms with Gasteiger partial charge in [0.1, 0.15) is 11.9 Å². The Labute approximate surface area is 145 Å². The van der Waals surface area contributed by atoms with E-state index < -0.39 is 0 Å². The van der Waals surface area contributed by atoms with E-state index in [0.717, 1.165) is 30.7 Å². The highest BCUT2D eigenvalue weighted by Crippen LogP contribution is 2.53. The molecule has 1 amide bonds. The van der Waals surface area contributed by atoms with E-state index >= 15 is 0 Å². The molecule has 4 atom stereocenters. The van der Waals surface area contributed by atoms with Crippen molar-refractivity contribution in [1.29, 1.82) is 0 Å². The van der Waals surface area contributed by atoms with Crippen LogP contribution in [0.5, 0.6) is 5.75 Å². The number of fused-ring (bicyclic) bond motifs is 3. The Hall–Kier alpha value is -1.51. The van der Waals surface area contributed by atoms with Crippen LogP contribution in [0.3, 0.4) is 0 Å². The van der Waals surface area contributed by atoms with Gasteiger partial charge >= 0.3 is 0 Å². The molecule has 0 spiro atoms. The number of likely N-dealkylation sites (tertiary alicyclic amines) is 1. The average Bonchev–Trinajstić information content (AvgIpc) is 2.91. The van der Waals surface area contributed by atoms with E-state index in [-0.39, 0.29) is 17.4 Å². The average molecular weight is 327 g/mol. The normalized spacial score (nSPS) is 36.4. The van der Waals surface area contributed by atoms with Gasteiger partial charge in [-0.05, 0) is 43.1 Å². The third-order valence-electron chi connectivity index (χ3n) is 6.45. The van der Waals surface area contributed by atoms with Crippen molar-refractivity contribution in [3.63, 3.8) is 0 Å². The fraction of sp³-hybridized carbons (Fsp3) is 0.667. The number of rotatable bonds is 1. The summed E-state index contributed by atoms with van der Waals surface area (Å²) < 4.78 is 6.06. The maximum atomic E-state index is 13.4. The van der Waals surface area contributed by atoms with Crippen LogP contribution in [-0.2, 0) is 0 Å². The molecule has 2 aliphatic heterocycles. The molecule has 0 N–H and O–H groups in total. The second-order valence-corrected chi connectivity index (χ2v) is 9.48. The first kappa shape index (κ1) is 16.0. The quantitative estimate of drug-likeness (QED) is 0.754. The van der Waals surface area contributed by atoms with E-state index in [1.54, 1.807) is 0 Å². The first-order valence-corrected chi connectivity index (χ1v) is 9.30. The predicted octanol–water partition coefficient (Wildman–Crippen LogP) is 4.61. The van der Waals surface area contributed by atoms with E-state index in [1.807, 2.05) is 12.1 Å². The summed E-state index contributed by atoms with van der Waals surface area (Å²) in [6.45, 7) is 12.2. The monoisotopic (exact) mass is 327 g/mol. The molecule has 0 aromatic heterocycles. The number of hydrogen-bond donors (Lipinski definition) is 0. The molecule has 1 aliphatic carbocycles. The summed E-state index contributed by atoms with van der Waals surface area (Å²) in [6.07, 6.45) is 3.60. The Bertz CT molecular complexity index is 695. The van der Waals surface area contributed by atoms with Crippen LogP contribution in [0.25, 0.3) is 0 Å². The van der Waals surface area contributed by atoms with Gasteiger partial charge in [0.05, 0.1) is 5.56 Å². The minimum absolute atomic E-state index is 0.142. The van der Waals surface area contributed by atoms with E-state index in [2.05, 4.69) is 45.6 Å². The Kier molecular flexibility index (Phi) is 3.33. The Morgan fingerprint density at radius 3 is 2.71 bits per heavy atom. The number of ether oxygens (including phenoxy) is 1. The van der Waals surface area contributed by atoms with Crippen LogP contribution < -0.4 is 4.74 Å². The summed E-state index contributed by atoms with van der Waals surface area (Å²) in [5.41, 5.74) is 2.53. The Balaban J connectivity index is 1.67. The standard InChI is InChI=1S/C21H29NO2/c1-13-14(2)24-18-16(13)7-6-8-17(18)19(23)22-12-21(5)10-15(22)9-20(3,4)11-21/h6-8,13-15H,9-12H2,1-5H3. The molecule has 130 valence electrons. The van der Waals surface area contributed by atoms with Gasteiger partial charge in [0, 0.05) is 24.1 Å². The number of hydrogen-bond acceptors (Lipinski definition) is 2. The first-order chi connectivity index (χ1) is 11.2. The van der Waals surface area contributed by atoms with E-state index in [0.29, 0.717) is 17.4 Å². The Morgan fingerprint density at radius 1 is 1.21 bits per heavy atom. The van der Waals surface area contributed by atoms with Gasteiger partial charge in [-0.2, -0.15) is 0 Å². The smallest absolute Gasteiger partial charge is 0.257 e. The minimum Gasteiger partial charge on any atom is -0.489 e. The fourth-order valence-corrected chi connectivity index (χ4v) is 5.61. The number of amides is 1. The molecule has 3 aliphatic rings. The number of para-hydroxylation sites is 1. The van der Waals surface area contributed by atoms with Crippen molar-refractivity contribution >= 4 is 5.91 Å². The molecule has 3 heteroatoms. The maximum absolute atomic E-state index is 13.4. The molecular formula is C21H29NO2. The molecule has 2 fully saturated rings. The van der Waals surface area contributed by atoms with Crippen LogP contribution >= 0.6 is 0 Å². The summed E-state index contributed by atoms with van der Waals surface area (Å²) in [5.74, 6) is 1.34. The van der Waals surface area contributed by atoms with Gasteiger partial charge in [-0.3, -0.25) is 4.79 Å². The maximum Gasteiger partial charge on any atom is 0.257 e. The molecule has 1 saturated carbocycles. The van der Waals surface area contributed by atoms with E-state index in [4.69, 9.17) is 4.74 Å². The number of benzene rings is 1. The fourth-order valence-electron chi connectivity index (χ4n) is 5.61. The lowest BCUT2D eigenvalue weighted by Gasteiger charge is -2.39. The molecule has 2 bridgehead atoms. The van der Waals surface area contributed by atoms with Crippen molar-refractivity contribution in [3.8, 4) is 5.75 Å². The van der Waals surface area contributed by atoms with Crippen molar-refractivity contribution < 1.29 is 9.53 Å². The zero-order chi connectivity index (χ0) is 17.3. The zero-order valence-electron chi connectivity index (χ0n) is 15.6. The van der Waals surface area contributed by atoms with Gasteiger partial charge in [0.2, 0.25) is 0 Å². The second kappa shape index (κ2) is 5.00. The number of carbonyl (C=O) groups excluding carboxylic acids is 1. The summed E-state index contributed by atoms with van der Waals surface area (Å²) in [6, 6.07) is 6.44. The van der Waals surface area contributed by atoms with Crippen LogP contribution in [0.2, 0.25) is 0 Å². The topological polar surface area (TPSA) is 29.5 Å². The molecule has 1 saturated heterocycles. The van der Waals surface area contributed by atoms with E-state index in [9.17, 15) is 4.79 Å². The minimum atomic E-state index is 0.142. The van der Waals surface area contributed by atoms with Gasteiger partial charge in [0.25, 0.3) is 5.91 Å². The van der Waals surface area contributed by atoms with Crippen molar-refractivity contribution in [3.05, 3.63) is 29.3 Å². The lowest BCUT2D eigenvalue weighted by atomic mass is 9.65. The third-order valence-corrected chi connectivity index (χ3v) is 6.45. The van der Waals surface area contributed by atoms with Crippen molar-refractivity contribution in [2.24, 2.45) is 10.8 Å². The van der Waals surface area contributed by atoms with Crippen LogP contribution in [0.4, 0.5) is 0 Å². The molecule has 4 unspecified atom stereocenters. The number of nitrogens with zero attached hydrogens (tertiary/aromatic N) is 1. The SMILES string of the molecule is CC1Oc2c(C(=O)N3CC4(C)CC3CC(C)(C)C4)cccc2C1C. The zero-order valence-corrected chi connectivity index (χ0v) is 15.6. The molecule has 4 rings (SSSR count). The summed E-state index contributed by atoms with van der Waals surface area (Å²) in [5, 5.41) is 0. The van der Waals surface area contributed by atoms with Gasteiger partial charge in [-0.1, -0.05) is 39.8 Å². The largest absolute Gasteiger partial charge is 0.489 e. The van der Waals surface area contributed by atoms with E-state index in [1.165, 1.54) is 12.0 Å². The van der Waals surface area contributed by atoms with Crippen LogP contribution in [-0.4, -0.2) is 29.5 Å². The molecule has 24 heavy (non-hydrogen) atoms. The van der Waals surface area contributed by atoms with Gasteiger partial charge < -0.3 is 9.64 Å².